The van der Waals surface area contributed by atoms with E-state index in [9.17, 15) is 0 Å². The molecule has 2 heteroatoms. The zero-order valence-electron chi connectivity index (χ0n) is 12.7. The number of rotatable bonds is 6. The van der Waals surface area contributed by atoms with Gasteiger partial charge < -0.3 is 4.74 Å². The summed E-state index contributed by atoms with van der Waals surface area (Å²) >= 11 is 0. The van der Waals surface area contributed by atoms with Gasteiger partial charge in [-0.15, -0.1) is 0 Å². The number of hydrogen-bond donors (Lipinski definition) is 0. The van der Waals surface area contributed by atoms with Crippen molar-refractivity contribution < 1.29 is 4.74 Å². The molecule has 1 rings (SSSR count). The van der Waals surface area contributed by atoms with Crippen LogP contribution in [0.3, 0.4) is 0 Å². The van der Waals surface area contributed by atoms with E-state index in [0.717, 1.165) is 6.42 Å². The summed E-state index contributed by atoms with van der Waals surface area (Å²) in [5.74, 6) is 0. The van der Waals surface area contributed by atoms with E-state index in [4.69, 9.17) is 4.74 Å². The Kier molecular flexibility index (Phi) is 6.10. The molecule has 0 saturated heterocycles. The lowest BCUT2D eigenvalue weighted by atomic mass is 10.0. The Hall–Kier alpha value is -0.600. The number of ether oxygens (including phenoxy) is 1. The Bertz CT molecular complexity index is 306. The van der Waals surface area contributed by atoms with E-state index in [1.807, 2.05) is 0 Å². The smallest absolute Gasteiger partial charge is 0.141 e. The van der Waals surface area contributed by atoms with Crippen LogP contribution in [-0.2, 0) is 4.74 Å². The topological polar surface area (TPSA) is 12.5 Å². The number of likely N-dealkylation sites (N-methyl/N-ethyl adjacent to an activating group) is 1. The second-order valence-corrected chi connectivity index (χ2v) is 5.62. The van der Waals surface area contributed by atoms with Gasteiger partial charge in [-0.3, -0.25) is 4.90 Å². The molecule has 2 nitrogen and oxygen atoms in total. The van der Waals surface area contributed by atoms with Crippen LogP contribution in [-0.4, -0.2) is 30.8 Å². The fourth-order valence-electron chi connectivity index (χ4n) is 2.51. The summed E-state index contributed by atoms with van der Waals surface area (Å²) in [4.78, 5) is 2.21. The molecule has 104 valence electrons. The molecule has 2 atom stereocenters. The van der Waals surface area contributed by atoms with E-state index >= 15 is 0 Å². The Morgan fingerprint density at radius 2 is 2.00 bits per heavy atom. The summed E-state index contributed by atoms with van der Waals surface area (Å²) in [6, 6.07) is 0. The lowest BCUT2D eigenvalue weighted by Crippen LogP contribution is -2.46. The van der Waals surface area contributed by atoms with Crippen LogP contribution in [0.4, 0.5) is 0 Å². The minimum Gasteiger partial charge on any atom is -0.350 e. The van der Waals surface area contributed by atoms with E-state index in [0.29, 0.717) is 0 Å². The molecule has 2 unspecified atom stereocenters. The first-order valence-electron chi connectivity index (χ1n) is 7.23. The van der Waals surface area contributed by atoms with Gasteiger partial charge in [0.1, 0.15) is 5.72 Å². The number of nitrogens with zero attached hydrogens (tertiary/aromatic N) is 1. The second-order valence-electron chi connectivity index (χ2n) is 5.62. The van der Waals surface area contributed by atoms with E-state index in [1.54, 1.807) is 0 Å². The molecule has 1 aliphatic rings. The standard InChI is InChI=1S/C16H29NO/c1-6-7-8-9-11-16(17(4)5)12-10-14(2)13-15(3)18-16/h10,12-13,15H,6-9,11H2,1-5H3. The molecule has 0 bridgehead atoms. The first kappa shape index (κ1) is 15.5. The Morgan fingerprint density at radius 1 is 1.28 bits per heavy atom. The van der Waals surface area contributed by atoms with Gasteiger partial charge in [-0.25, -0.2) is 0 Å². The van der Waals surface area contributed by atoms with Crippen molar-refractivity contribution in [2.45, 2.75) is 64.7 Å². The predicted molar refractivity (Wildman–Crippen MR) is 78.6 cm³/mol. The van der Waals surface area contributed by atoms with Crippen LogP contribution >= 0.6 is 0 Å². The van der Waals surface area contributed by atoms with Crippen LogP contribution in [0.1, 0.15) is 52.9 Å². The van der Waals surface area contributed by atoms with Crippen molar-refractivity contribution in [3.05, 3.63) is 23.8 Å². The van der Waals surface area contributed by atoms with Crippen molar-refractivity contribution in [3.63, 3.8) is 0 Å². The molecule has 1 heterocycles. The summed E-state index contributed by atoms with van der Waals surface area (Å²) in [6.45, 7) is 6.51. The van der Waals surface area contributed by atoms with Crippen LogP contribution in [0.2, 0.25) is 0 Å². The lowest BCUT2D eigenvalue weighted by molar-refractivity contribution is -0.125. The van der Waals surface area contributed by atoms with Gasteiger partial charge in [-0.1, -0.05) is 43.9 Å². The second kappa shape index (κ2) is 7.10. The molecule has 0 N–H and O–H groups in total. The Balaban J connectivity index is 2.71. The van der Waals surface area contributed by atoms with E-state index < -0.39 is 0 Å². The Labute approximate surface area is 113 Å². The third kappa shape index (κ3) is 4.25. The highest BCUT2D eigenvalue weighted by Gasteiger charge is 2.32. The summed E-state index contributed by atoms with van der Waals surface area (Å²) < 4.78 is 6.27. The van der Waals surface area contributed by atoms with Gasteiger partial charge in [-0.05, 0) is 46.9 Å². The van der Waals surface area contributed by atoms with Crippen molar-refractivity contribution in [1.29, 1.82) is 0 Å². The molecule has 0 aromatic heterocycles. The highest BCUT2D eigenvalue weighted by atomic mass is 16.5. The van der Waals surface area contributed by atoms with Crippen LogP contribution in [0.25, 0.3) is 0 Å². The van der Waals surface area contributed by atoms with Crippen molar-refractivity contribution in [3.8, 4) is 0 Å². The number of allylic oxidation sites excluding steroid dienone is 2. The maximum absolute atomic E-state index is 6.27. The Morgan fingerprint density at radius 3 is 2.61 bits per heavy atom. The first-order valence-corrected chi connectivity index (χ1v) is 7.23. The SMILES string of the molecule is CCCCCCC1(N(C)C)C=CC(C)=CC(C)O1. The van der Waals surface area contributed by atoms with Gasteiger partial charge in [0.25, 0.3) is 0 Å². The van der Waals surface area contributed by atoms with Crippen molar-refractivity contribution >= 4 is 0 Å². The van der Waals surface area contributed by atoms with Gasteiger partial charge in [-0.2, -0.15) is 0 Å². The molecular formula is C16H29NO. The summed E-state index contributed by atoms with van der Waals surface area (Å²) in [5, 5.41) is 0. The lowest BCUT2D eigenvalue weighted by Gasteiger charge is -2.38. The largest absolute Gasteiger partial charge is 0.350 e. The summed E-state index contributed by atoms with van der Waals surface area (Å²) in [6.07, 6.45) is 13.0. The average molecular weight is 251 g/mol. The van der Waals surface area contributed by atoms with Crippen molar-refractivity contribution in [1.82, 2.24) is 4.90 Å². The highest BCUT2D eigenvalue weighted by molar-refractivity contribution is 5.23. The summed E-state index contributed by atoms with van der Waals surface area (Å²) in [5.41, 5.74) is 1.06. The molecular weight excluding hydrogens is 222 g/mol. The van der Waals surface area contributed by atoms with Gasteiger partial charge in [0.2, 0.25) is 0 Å². The van der Waals surface area contributed by atoms with Crippen LogP contribution < -0.4 is 0 Å². The van der Waals surface area contributed by atoms with E-state index in [-0.39, 0.29) is 11.8 Å². The molecule has 0 aromatic rings. The first-order chi connectivity index (χ1) is 8.50. The van der Waals surface area contributed by atoms with E-state index in [1.165, 1.54) is 31.3 Å². The number of unbranched alkanes of at least 4 members (excludes halogenated alkanes) is 3. The molecule has 18 heavy (non-hydrogen) atoms. The van der Waals surface area contributed by atoms with Crippen LogP contribution in [0.15, 0.2) is 23.8 Å². The molecule has 0 amide bonds. The molecule has 0 aromatic carbocycles. The van der Waals surface area contributed by atoms with Gasteiger partial charge in [0, 0.05) is 0 Å². The molecule has 0 aliphatic carbocycles. The monoisotopic (exact) mass is 251 g/mol. The predicted octanol–water partition coefficient (Wildman–Crippen LogP) is 4.14. The minimum absolute atomic E-state index is 0.175. The zero-order valence-corrected chi connectivity index (χ0v) is 12.7. The number of hydrogen-bond acceptors (Lipinski definition) is 2. The molecule has 0 spiro atoms. The fraction of sp³-hybridized carbons (Fsp3) is 0.750. The van der Waals surface area contributed by atoms with Crippen molar-refractivity contribution in [2.75, 3.05) is 14.1 Å². The average Bonchev–Trinajstić information content (AvgIpc) is 2.44. The fourth-order valence-corrected chi connectivity index (χ4v) is 2.51. The molecule has 0 fully saturated rings. The minimum atomic E-state index is -0.235. The van der Waals surface area contributed by atoms with Gasteiger partial charge in [0.15, 0.2) is 0 Å². The van der Waals surface area contributed by atoms with Gasteiger partial charge in [0.05, 0.1) is 6.10 Å². The van der Waals surface area contributed by atoms with Crippen LogP contribution in [0, 0.1) is 0 Å². The maximum Gasteiger partial charge on any atom is 0.141 e. The van der Waals surface area contributed by atoms with Gasteiger partial charge >= 0.3 is 0 Å². The maximum atomic E-state index is 6.27. The van der Waals surface area contributed by atoms with Crippen LogP contribution in [0.5, 0.6) is 0 Å². The van der Waals surface area contributed by atoms with Crippen molar-refractivity contribution in [2.24, 2.45) is 0 Å². The third-order valence-corrected chi connectivity index (χ3v) is 3.64. The highest BCUT2D eigenvalue weighted by Crippen LogP contribution is 2.29. The quantitative estimate of drug-likeness (QED) is 0.658. The summed E-state index contributed by atoms with van der Waals surface area (Å²) in [7, 11) is 4.22. The van der Waals surface area contributed by atoms with E-state index in [2.05, 4.69) is 58.0 Å². The third-order valence-electron chi connectivity index (χ3n) is 3.64. The molecule has 1 aliphatic heterocycles. The zero-order chi connectivity index (χ0) is 13.6. The normalized spacial score (nSPS) is 28.3. The molecule has 0 radical (unpaired) electrons. The molecule has 0 saturated carbocycles.